The van der Waals surface area contributed by atoms with Gasteiger partial charge in [-0.25, -0.2) is 4.79 Å². The summed E-state index contributed by atoms with van der Waals surface area (Å²) in [4.78, 5) is 41.2. The smallest absolute Gasteiger partial charge is 0.404 e. The monoisotopic (exact) mass is 414 g/mol. The summed E-state index contributed by atoms with van der Waals surface area (Å²) in [5.74, 6) is -1.63. The number of piperazine rings is 1. The minimum absolute atomic E-state index is 0.113. The molecule has 2 fully saturated rings. The third-order valence-corrected chi connectivity index (χ3v) is 4.78. The van der Waals surface area contributed by atoms with Gasteiger partial charge in [-0.2, -0.15) is 0 Å². The number of hydrogen-bond donors (Lipinski definition) is 1. The molecular weight excluding hydrogens is 393 g/mol. The van der Waals surface area contributed by atoms with Crippen molar-refractivity contribution in [3.8, 4) is 5.75 Å². The van der Waals surface area contributed by atoms with Gasteiger partial charge in [0.25, 0.3) is 0 Å². The van der Waals surface area contributed by atoms with Crippen LogP contribution in [0.4, 0.5) is 23.7 Å². The highest BCUT2D eigenvalue weighted by atomic mass is 19.4. The van der Waals surface area contributed by atoms with Crippen LogP contribution in [0.2, 0.25) is 0 Å². The quantitative estimate of drug-likeness (QED) is 0.750. The normalized spacial score (nSPS) is 17.3. The first-order chi connectivity index (χ1) is 13.7. The van der Waals surface area contributed by atoms with Crippen LogP contribution in [0, 0.1) is 0 Å². The van der Waals surface area contributed by atoms with Crippen LogP contribution in [0.5, 0.6) is 5.75 Å². The number of nitrogens with one attached hydrogen (secondary N) is 1. The first kappa shape index (κ1) is 20.7. The zero-order chi connectivity index (χ0) is 21.0. The van der Waals surface area contributed by atoms with E-state index in [4.69, 9.17) is 0 Å². The van der Waals surface area contributed by atoms with E-state index in [9.17, 15) is 27.6 Å². The molecule has 0 unspecified atom stereocenters. The number of carbonyl (C=O) groups is 3. The zero-order valence-corrected chi connectivity index (χ0v) is 15.6. The second kappa shape index (κ2) is 8.58. The summed E-state index contributed by atoms with van der Waals surface area (Å²) in [7, 11) is 0. The Morgan fingerprint density at radius 3 is 1.93 bits per heavy atom. The molecule has 3 rings (SSSR count). The molecule has 0 aromatic heterocycles. The van der Waals surface area contributed by atoms with Crippen LogP contribution in [-0.2, 0) is 9.59 Å². The van der Waals surface area contributed by atoms with Crippen molar-refractivity contribution >= 4 is 23.5 Å². The number of urea groups is 1. The summed E-state index contributed by atoms with van der Waals surface area (Å²) in [5.41, 5.74) is -0.113. The second-order valence-electron chi connectivity index (χ2n) is 6.75. The molecule has 2 heterocycles. The molecule has 0 atom stereocenters. The lowest BCUT2D eigenvalue weighted by Gasteiger charge is -2.35. The molecule has 0 saturated carbocycles. The number of likely N-dealkylation sites (tertiary alicyclic amines) is 1. The molecule has 2 aliphatic heterocycles. The first-order valence-corrected chi connectivity index (χ1v) is 9.23. The Labute approximate surface area is 165 Å². The fraction of sp³-hybridized carbons (Fsp3) is 0.500. The Hall–Kier alpha value is -2.98. The van der Waals surface area contributed by atoms with Crippen LogP contribution in [0.1, 0.15) is 12.8 Å². The fourth-order valence-electron chi connectivity index (χ4n) is 3.28. The molecule has 1 aromatic carbocycles. The number of halogens is 3. The Balaban J connectivity index is 1.54. The van der Waals surface area contributed by atoms with E-state index in [1.807, 2.05) is 0 Å². The van der Waals surface area contributed by atoms with E-state index < -0.39 is 30.0 Å². The van der Waals surface area contributed by atoms with Crippen LogP contribution in [0.3, 0.4) is 0 Å². The lowest BCUT2D eigenvalue weighted by molar-refractivity contribution is -0.274. The summed E-state index contributed by atoms with van der Waals surface area (Å²) < 4.78 is 41.4. The van der Waals surface area contributed by atoms with Crippen molar-refractivity contribution in [2.24, 2.45) is 0 Å². The van der Waals surface area contributed by atoms with Gasteiger partial charge in [-0.3, -0.25) is 9.59 Å². The Morgan fingerprint density at radius 1 is 0.828 bits per heavy atom. The van der Waals surface area contributed by atoms with Gasteiger partial charge in [0, 0.05) is 39.3 Å². The van der Waals surface area contributed by atoms with E-state index >= 15 is 0 Å². The molecule has 4 amide bonds. The first-order valence-electron chi connectivity index (χ1n) is 9.23. The highest BCUT2D eigenvalue weighted by molar-refractivity contribution is 6.35. The van der Waals surface area contributed by atoms with Crippen molar-refractivity contribution in [3.05, 3.63) is 24.3 Å². The lowest BCUT2D eigenvalue weighted by atomic mass is 10.3. The van der Waals surface area contributed by atoms with E-state index in [-0.39, 0.29) is 31.9 Å². The van der Waals surface area contributed by atoms with Gasteiger partial charge in [0.2, 0.25) is 0 Å². The van der Waals surface area contributed by atoms with Gasteiger partial charge >= 0.3 is 24.2 Å². The highest BCUT2D eigenvalue weighted by Crippen LogP contribution is 2.30. The molecule has 2 saturated heterocycles. The number of para-hydroxylation sites is 2. The van der Waals surface area contributed by atoms with Gasteiger partial charge in [0.1, 0.15) is 0 Å². The van der Waals surface area contributed by atoms with Crippen molar-refractivity contribution in [2.45, 2.75) is 19.2 Å². The molecule has 29 heavy (non-hydrogen) atoms. The predicted molar refractivity (Wildman–Crippen MR) is 96.1 cm³/mol. The fourth-order valence-corrected chi connectivity index (χ4v) is 3.28. The average Bonchev–Trinajstić information content (AvgIpc) is 3.22. The maximum atomic E-state index is 12.5. The number of benzene rings is 1. The molecule has 0 aliphatic carbocycles. The molecule has 1 aromatic rings. The van der Waals surface area contributed by atoms with Gasteiger partial charge in [-0.05, 0) is 25.0 Å². The van der Waals surface area contributed by atoms with E-state index in [1.54, 1.807) is 0 Å². The van der Waals surface area contributed by atoms with E-state index in [2.05, 4.69) is 10.1 Å². The minimum Gasteiger partial charge on any atom is -0.404 e. The lowest BCUT2D eigenvalue weighted by Crippen LogP contribution is -2.54. The summed E-state index contributed by atoms with van der Waals surface area (Å²) in [6.45, 7) is 1.82. The Morgan fingerprint density at radius 2 is 1.34 bits per heavy atom. The average molecular weight is 414 g/mol. The summed E-state index contributed by atoms with van der Waals surface area (Å²) in [6.07, 6.45) is -3.12. The number of alkyl halides is 3. The number of ether oxygens (including phenoxy) is 1. The van der Waals surface area contributed by atoms with Crippen LogP contribution in [0.15, 0.2) is 24.3 Å². The van der Waals surface area contributed by atoms with Gasteiger partial charge in [0.05, 0.1) is 5.69 Å². The van der Waals surface area contributed by atoms with Crippen LogP contribution < -0.4 is 10.1 Å². The van der Waals surface area contributed by atoms with Crippen molar-refractivity contribution < 1.29 is 32.3 Å². The summed E-state index contributed by atoms with van der Waals surface area (Å²) in [6, 6.07) is 4.62. The highest BCUT2D eigenvalue weighted by Gasteiger charge is 2.34. The number of rotatable bonds is 2. The molecule has 0 spiro atoms. The van der Waals surface area contributed by atoms with Crippen molar-refractivity contribution in [1.29, 1.82) is 0 Å². The zero-order valence-electron chi connectivity index (χ0n) is 15.6. The molecule has 0 radical (unpaired) electrons. The van der Waals surface area contributed by atoms with Gasteiger partial charge in [-0.15, -0.1) is 13.2 Å². The molecule has 8 nitrogen and oxygen atoms in total. The van der Waals surface area contributed by atoms with Crippen molar-refractivity contribution in [3.63, 3.8) is 0 Å². The van der Waals surface area contributed by atoms with E-state index in [1.165, 1.54) is 32.9 Å². The number of amides is 4. The second-order valence-corrected chi connectivity index (χ2v) is 6.75. The topological polar surface area (TPSA) is 82.2 Å². The molecule has 2 aliphatic rings. The summed E-state index contributed by atoms with van der Waals surface area (Å²) in [5, 5.41) is 2.40. The number of hydrogen-bond acceptors (Lipinski definition) is 4. The minimum atomic E-state index is -4.88. The molecule has 11 heteroatoms. The maximum Gasteiger partial charge on any atom is 0.573 e. The molecule has 158 valence electrons. The van der Waals surface area contributed by atoms with Crippen LogP contribution in [-0.4, -0.2) is 78.2 Å². The van der Waals surface area contributed by atoms with Gasteiger partial charge in [-0.1, -0.05) is 12.1 Å². The number of anilines is 1. The predicted octanol–water partition coefficient (Wildman–Crippen LogP) is 1.88. The largest absolute Gasteiger partial charge is 0.573 e. The van der Waals surface area contributed by atoms with E-state index in [0.717, 1.165) is 18.9 Å². The third-order valence-electron chi connectivity index (χ3n) is 4.78. The maximum absolute atomic E-state index is 12.5. The third kappa shape index (κ3) is 5.30. The van der Waals surface area contributed by atoms with E-state index in [0.29, 0.717) is 13.1 Å². The molecule has 1 N–H and O–H groups in total. The standard InChI is InChI=1S/C18H21F3N4O4/c19-18(20,21)29-14-6-2-1-5-13(14)22-17(28)25-11-9-24(10-12-25)16(27)15(26)23-7-3-4-8-23/h1-2,5-6H,3-4,7-12H2,(H,22,28). The number of nitrogens with zero attached hydrogens (tertiary/aromatic N) is 3. The van der Waals surface area contributed by atoms with Gasteiger partial charge < -0.3 is 24.8 Å². The van der Waals surface area contributed by atoms with Crippen molar-refractivity contribution in [1.82, 2.24) is 14.7 Å². The van der Waals surface area contributed by atoms with Crippen LogP contribution >= 0.6 is 0 Å². The number of carbonyl (C=O) groups excluding carboxylic acids is 3. The molecular formula is C18H21F3N4O4. The van der Waals surface area contributed by atoms with Crippen LogP contribution in [0.25, 0.3) is 0 Å². The summed E-state index contributed by atoms with van der Waals surface area (Å²) >= 11 is 0. The molecule has 0 bridgehead atoms. The Bertz CT molecular complexity index is 773. The Kier molecular flexibility index (Phi) is 6.14. The van der Waals surface area contributed by atoms with Gasteiger partial charge in [0.15, 0.2) is 5.75 Å². The van der Waals surface area contributed by atoms with Crippen molar-refractivity contribution in [2.75, 3.05) is 44.6 Å². The SMILES string of the molecule is O=C(Nc1ccccc1OC(F)(F)F)N1CCN(C(=O)C(=O)N2CCCC2)CC1.